The minimum Gasteiger partial charge on any atom is -0.464 e. The number of carbonyl (C=O) groups is 2. The van der Waals surface area contributed by atoms with Gasteiger partial charge in [0.2, 0.25) is 5.95 Å². The van der Waals surface area contributed by atoms with Crippen molar-refractivity contribution in [3.05, 3.63) is 86.1 Å². The zero-order valence-electron chi connectivity index (χ0n) is 15.9. The third kappa shape index (κ3) is 3.51. The lowest BCUT2D eigenvalue weighted by Gasteiger charge is -2.27. The number of esters is 1. The SMILES string of the molecule is COC(=O)C1=C(C(=O)c2ccc(Cl)cc2)[C@H](c2ccccc2[N+](=O)[O-])n2nnnc2N1. The van der Waals surface area contributed by atoms with E-state index in [1.165, 1.54) is 47.1 Å². The average molecular weight is 441 g/mol. The highest BCUT2D eigenvalue weighted by Crippen LogP contribution is 2.40. The van der Waals surface area contributed by atoms with E-state index in [0.717, 1.165) is 7.11 Å². The Morgan fingerprint density at radius 2 is 1.90 bits per heavy atom. The van der Waals surface area contributed by atoms with Gasteiger partial charge in [-0.2, -0.15) is 4.68 Å². The Morgan fingerprint density at radius 1 is 1.19 bits per heavy atom. The second kappa shape index (κ2) is 7.95. The quantitative estimate of drug-likeness (QED) is 0.274. The van der Waals surface area contributed by atoms with E-state index >= 15 is 0 Å². The number of ketones is 1. The highest BCUT2D eigenvalue weighted by atomic mass is 35.5. The number of hydrogen-bond donors (Lipinski definition) is 1. The molecule has 1 N–H and O–H groups in total. The van der Waals surface area contributed by atoms with Crippen molar-refractivity contribution < 1.29 is 19.2 Å². The third-order valence-corrected chi connectivity index (χ3v) is 4.94. The normalized spacial score (nSPS) is 15.1. The number of carbonyl (C=O) groups excluding carboxylic acids is 2. The standard InChI is InChI=1S/C19H13ClN6O5/c1-31-18(28)15-14(17(27)10-6-8-11(20)9-7-10)16(25-19(21-15)22-23-24-25)12-4-2-3-5-13(12)26(29)30/h2-9,16H,1H3,(H,21,22,24)/t16-/m0/s1. The first-order chi connectivity index (χ1) is 14.9. The summed E-state index contributed by atoms with van der Waals surface area (Å²) in [4.78, 5) is 37.2. The lowest BCUT2D eigenvalue weighted by Crippen LogP contribution is -2.33. The van der Waals surface area contributed by atoms with Gasteiger partial charge in [0.1, 0.15) is 11.7 Å². The van der Waals surface area contributed by atoms with Gasteiger partial charge in [-0.1, -0.05) is 28.8 Å². The molecule has 12 heteroatoms. The van der Waals surface area contributed by atoms with E-state index in [1.54, 1.807) is 6.07 Å². The highest BCUT2D eigenvalue weighted by molar-refractivity contribution is 6.30. The minimum absolute atomic E-state index is 0.0243. The first-order valence-corrected chi connectivity index (χ1v) is 9.21. The minimum atomic E-state index is -1.16. The molecule has 0 spiro atoms. The lowest BCUT2D eigenvalue weighted by molar-refractivity contribution is -0.385. The topological polar surface area (TPSA) is 142 Å². The summed E-state index contributed by atoms with van der Waals surface area (Å²) < 4.78 is 6.04. The van der Waals surface area contributed by atoms with Gasteiger partial charge in [-0.25, -0.2) is 4.79 Å². The maximum absolute atomic E-state index is 13.5. The molecule has 11 nitrogen and oxygen atoms in total. The molecule has 2 aromatic carbocycles. The number of anilines is 1. The van der Waals surface area contributed by atoms with E-state index in [1.807, 2.05) is 0 Å². The number of rotatable bonds is 5. The third-order valence-electron chi connectivity index (χ3n) is 4.69. The van der Waals surface area contributed by atoms with E-state index < -0.39 is 22.7 Å². The van der Waals surface area contributed by atoms with Crippen molar-refractivity contribution in [2.24, 2.45) is 0 Å². The van der Waals surface area contributed by atoms with Crippen molar-refractivity contribution in [3.8, 4) is 0 Å². The van der Waals surface area contributed by atoms with Crippen LogP contribution in [0.15, 0.2) is 59.8 Å². The maximum Gasteiger partial charge on any atom is 0.355 e. The van der Waals surface area contributed by atoms with Gasteiger partial charge in [0.15, 0.2) is 5.78 Å². The van der Waals surface area contributed by atoms with Gasteiger partial charge in [-0.3, -0.25) is 14.9 Å². The van der Waals surface area contributed by atoms with Gasteiger partial charge >= 0.3 is 5.97 Å². The summed E-state index contributed by atoms with van der Waals surface area (Å²) in [7, 11) is 1.15. The number of nitro benzene ring substituents is 1. The number of tetrazole rings is 1. The van der Waals surface area contributed by atoms with Crippen LogP contribution in [0.3, 0.4) is 0 Å². The molecule has 0 saturated carbocycles. The van der Waals surface area contributed by atoms with Gasteiger partial charge in [-0.05, 0) is 40.8 Å². The van der Waals surface area contributed by atoms with Crippen molar-refractivity contribution in [1.82, 2.24) is 20.2 Å². The highest BCUT2D eigenvalue weighted by Gasteiger charge is 2.41. The molecular weight excluding hydrogens is 428 g/mol. The van der Waals surface area contributed by atoms with E-state index in [4.69, 9.17) is 16.3 Å². The summed E-state index contributed by atoms with van der Waals surface area (Å²) in [6.45, 7) is 0. The van der Waals surface area contributed by atoms with Crippen LogP contribution in [0.5, 0.6) is 0 Å². The van der Waals surface area contributed by atoms with Crippen molar-refractivity contribution >= 4 is 35.0 Å². The van der Waals surface area contributed by atoms with Crippen LogP contribution < -0.4 is 5.32 Å². The molecule has 1 aliphatic heterocycles. The maximum atomic E-state index is 13.5. The molecule has 0 radical (unpaired) electrons. The van der Waals surface area contributed by atoms with Crippen LogP contribution in [-0.4, -0.2) is 44.0 Å². The first-order valence-electron chi connectivity index (χ1n) is 8.83. The predicted octanol–water partition coefficient (Wildman–Crippen LogP) is 2.56. The summed E-state index contributed by atoms with van der Waals surface area (Å²) in [6, 6.07) is 10.7. The number of Topliss-reactive ketones (excluding diaryl/α,β-unsaturated/α-hetero) is 1. The summed E-state index contributed by atoms with van der Waals surface area (Å²) in [6.07, 6.45) is 0. The van der Waals surface area contributed by atoms with Crippen molar-refractivity contribution in [3.63, 3.8) is 0 Å². The number of nitrogens with one attached hydrogen (secondary N) is 1. The van der Waals surface area contributed by atoms with Crippen LogP contribution in [0.25, 0.3) is 0 Å². The number of aromatic nitrogens is 4. The fraction of sp³-hybridized carbons (Fsp3) is 0.105. The number of hydrogen-bond acceptors (Lipinski definition) is 9. The fourth-order valence-electron chi connectivity index (χ4n) is 3.32. The van der Waals surface area contributed by atoms with Crippen LogP contribution in [0, 0.1) is 10.1 Å². The van der Waals surface area contributed by atoms with Gasteiger partial charge in [-0.15, -0.1) is 0 Å². The smallest absolute Gasteiger partial charge is 0.355 e. The van der Waals surface area contributed by atoms with E-state index in [-0.39, 0.29) is 34.0 Å². The number of fused-ring (bicyclic) bond motifs is 1. The second-order valence-electron chi connectivity index (χ2n) is 6.41. The molecule has 1 aliphatic rings. The Labute approximate surface area is 179 Å². The summed E-state index contributed by atoms with van der Waals surface area (Å²) in [5.74, 6) is -1.40. The molecule has 1 aromatic heterocycles. The van der Waals surface area contributed by atoms with Gasteiger partial charge in [0, 0.05) is 16.7 Å². The molecule has 31 heavy (non-hydrogen) atoms. The van der Waals surface area contributed by atoms with Crippen LogP contribution in [0.4, 0.5) is 11.6 Å². The zero-order valence-corrected chi connectivity index (χ0v) is 16.6. The second-order valence-corrected chi connectivity index (χ2v) is 6.84. The largest absolute Gasteiger partial charge is 0.464 e. The Bertz CT molecular complexity index is 1240. The molecule has 0 fully saturated rings. The molecule has 156 valence electrons. The number of methoxy groups -OCH3 is 1. The number of nitrogens with zero attached hydrogens (tertiary/aromatic N) is 5. The average Bonchev–Trinajstić information content (AvgIpc) is 3.25. The van der Waals surface area contributed by atoms with Crippen LogP contribution >= 0.6 is 11.6 Å². The molecule has 2 heterocycles. The summed E-state index contributed by atoms with van der Waals surface area (Å²) >= 11 is 5.92. The number of allylic oxidation sites excluding steroid dienone is 1. The Balaban J connectivity index is 2.00. The summed E-state index contributed by atoms with van der Waals surface area (Å²) in [5.41, 5.74) is -0.248. The predicted molar refractivity (Wildman–Crippen MR) is 107 cm³/mol. The molecule has 1 atom stereocenters. The van der Waals surface area contributed by atoms with Gasteiger partial charge in [0.25, 0.3) is 5.69 Å². The molecule has 3 aromatic rings. The molecule has 0 saturated heterocycles. The zero-order chi connectivity index (χ0) is 22.1. The number of halogens is 1. The monoisotopic (exact) mass is 440 g/mol. The van der Waals surface area contributed by atoms with Crippen molar-refractivity contribution in [2.45, 2.75) is 6.04 Å². The van der Waals surface area contributed by atoms with Crippen molar-refractivity contribution in [2.75, 3.05) is 12.4 Å². The molecule has 0 bridgehead atoms. The van der Waals surface area contributed by atoms with E-state index in [9.17, 15) is 19.7 Å². The summed E-state index contributed by atoms with van der Waals surface area (Å²) in [5, 5.41) is 26.1. The molecule has 4 rings (SSSR count). The van der Waals surface area contributed by atoms with Crippen LogP contribution in [0.1, 0.15) is 22.0 Å². The van der Waals surface area contributed by atoms with Crippen molar-refractivity contribution in [1.29, 1.82) is 0 Å². The van der Waals surface area contributed by atoms with E-state index in [2.05, 4.69) is 20.8 Å². The molecule has 0 unspecified atom stereocenters. The molecule has 0 aliphatic carbocycles. The Kier molecular flexibility index (Phi) is 5.17. The molecular formula is C19H13ClN6O5. The molecule has 0 amide bonds. The Morgan fingerprint density at radius 3 is 2.58 bits per heavy atom. The first kappa shape index (κ1) is 20.2. The van der Waals surface area contributed by atoms with Crippen LogP contribution in [-0.2, 0) is 9.53 Å². The lowest BCUT2D eigenvalue weighted by atomic mass is 9.88. The number of para-hydroxylation sites is 1. The van der Waals surface area contributed by atoms with Crippen LogP contribution in [0.2, 0.25) is 5.02 Å². The fourth-order valence-corrected chi connectivity index (χ4v) is 3.44. The number of benzene rings is 2. The van der Waals surface area contributed by atoms with Gasteiger partial charge in [0.05, 0.1) is 23.2 Å². The van der Waals surface area contributed by atoms with Gasteiger partial charge < -0.3 is 10.1 Å². The van der Waals surface area contributed by atoms with E-state index in [0.29, 0.717) is 5.02 Å². The number of nitro groups is 1. The Hall–Kier alpha value is -4.12. The number of ether oxygens (including phenoxy) is 1.